The van der Waals surface area contributed by atoms with Gasteiger partial charge < -0.3 is 10.6 Å². The van der Waals surface area contributed by atoms with E-state index in [0.717, 1.165) is 19.4 Å². The van der Waals surface area contributed by atoms with Crippen LogP contribution in [-0.4, -0.2) is 29.9 Å². The van der Waals surface area contributed by atoms with Crippen molar-refractivity contribution < 1.29 is 4.79 Å². The number of hydrogen-bond donors (Lipinski definition) is 1. The van der Waals surface area contributed by atoms with E-state index in [1.807, 2.05) is 17.0 Å². The van der Waals surface area contributed by atoms with E-state index in [0.29, 0.717) is 23.0 Å². The van der Waals surface area contributed by atoms with E-state index in [9.17, 15) is 4.79 Å². The molecule has 106 valence electrons. The molecule has 2 atom stereocenters. The summed E-state index contributed by atoms with van der Waals surface area (Å²) in [6.45, 7) is 3.49. The number of likely N-dealkylation sites (tertiary alicyclic amines) is 1. The zero-order valence-corrected chi connectivity index (χ0v) is 12.6. The molecule has 0 aromatic heterocycles. The van der Waals surface area contributed by atoms with Crippen LogP contribution in [0.5, 0.6) is 0 Å². The van der Waals surface area contributed by atoms with Crippen LogP contribution in [0.25, 0.3) is 0 Å². The molecule has 0 spiro atoms. The van der Waals surface area contributed by atoms with Gasteiger partial charge in [-0.2, -0.15) is 0 Å². The van der Waals surface area contributed by atoms with Crippen LogP contribution in [0.15, 0.2) is 24.3 Å². The Kier molecular flexibility index (Phi) is 6.11. The Labute approximate surface area is 125 Å². The first-order valence-corrected chi connectivity index (χ1v) is 6.77. The van der Waals surface area contributed by atoms with Gasteiger partial charge in [0, 0.05) is 19.1 Å². The first-order valence-electron chi connectivity index (χ1n) is 6.39. The predicted molar refractivity (Wildman–Crippen MR) is 81.0 cm³/mol. The van der Waals surface area contributed by atoms with Crippen molar-refractivity contribution >= 4 is 29.9 Å². The molecule has 1 amide bonds. The monoisotopic (exact) mass is 302 g/mol. The molecule has 3 nitrogen and oxygen atoms in total. The second kappa shape index (κ2) is 7.13. The first-order chi connectivity index (χ1) is 8.63. The highest BCUT2D eigenvalue weighted by Gasteiger charge is 2.30. The number of nitrogens with two attached hydrogens (primary N) is 1. The van der Waals surface area contributed by atoms with Gasteiger partial charge in [-0.1, -0.05) is 30.7 Å². The summed E-state index contributed by atoms with van der Waals surface area (Å²) in [4.78, 5) is 14.4. The summed E-state index contributed by atoms with van der Waals surface area (Å²) in [5, 5.41) is 0.511. The summed E-state index contributed by atoms with van der Waals surface area (Å²) in [5.74, 6) is 0.636. The zero-order valence-electron chi connectivity index (χ0n) is 11.0. The topological polar surface area (TPSA) is 46.3 Å². The van der Waals surface area contributed by atoms with Crippen LogP contribution >= 0.6 is 24.0 Å². The molecule has 2 N–H and O–H groups in total. The molecule has 2 unspecified atom stereocenters. The molecule has 5 heteroatoms. The van der Waals surface area contributed by atoms with Gasteiger partial charge >= 0.3 is 0 Å². The average molecular weight is 303 g/mol. The van der Waals surface area contributed by atoms with Crippen molar-refractivity contribution in [1.29, 1.82) is 0 Å². The van der Waals surface area contributed by atoms with Crippen LogP contribution in [0.1, 0.15) is 30.1 Å². The maximum Gasteiger partial charge on any atom is 0.255 e. The van der Waals surface area contributed by atoms with Crippen molar-refractivity contribution in [3.8, 4) is 0 Å². The second-order valence-electron chi connectivity index (χ2n) is 5.00. The van der Waals surface area contributed by atoms with Gasteiger partial charge in [-0.15, -0.1) is 12.4 Å². The smallest absolute Gasteiger partial charge is 0.255 e. The standard InChI is InChI=1S/C14H19ClN2O.ClH/c1-10-6-7-17(11(8-10)9-16)14(18)12-4-2-3-5-13(12)15;/h2-5,10-11H,6-9,16H2,1H3;1H. The Morgan fingerprint density at radius 2 is 2.16 bits per heavy atom. The number of nitrogens with zero attached hydrogens (tertiary/aromatic N) is 1. The predicted octanol–water partition coefficient (Wildman–Crippen LogP) is 2.96. The Morgan fingerprint density at radius 3 is 2.79 bits per heavy atom. The van der Waals surface area contributed by atoms with Crippen molar-refractivity contribution in [3.05, 3.63) is 34.9 Å². The summed E-state index contributed by atoms with van der Waals surface area (Å²) in [6, 6.07) is 7.33. The SMILES string of the molecule is CC1CCN(C(=O)c2ccccc2Cl)C(CN)C1.Cl. The highest BCUT2D eigenvalue weighted by Crippen LogP contribution is 2.25. The molecule has 2 rings (SSSR count). The molecule has 1 saturated heterocycles. The van der Waals surface area contributed by atoms with Crippen LogP contribution in [0.2, 0.25) is 5.02 Å². The Bertz CT molecular complexity index is 439. The molecule has 1 heterocycles. The molecule has 0 radical (unpaired) electrons. The minimum absolute atomic E-state index is 0. The number of rotatable bonds is 2. The molecule has 0 saturated carbocycles. The van der Waals surface area contributed by atoms with Gasteiger partial charge in [-0.3, -0.25) is 4.79 Å². The lowest BCUT2D eigenvalue weighted by Gasteiger charge is -2.38. The molecule has 1 aromatic rings. The zero-order chi connectivity index (χ0) is 13.1. The van der Waals surface area contributed by atoms with Gasteiger partial charge in [-0.25, -0.2) is 0 Å². The van der Waals surface area contributed by atoms with Crippen molar-refractivity contribution in [2.45, 2.75) is 25.8 Å². The number of piperidine rings is 1. The highest BCUT2D eigenvalue weighted by atomic mass is 35.5. The van der Waals surface area contributed by atoms with Gasteiger partial charge in [0.15, 0.2) is 0 Å². The van der Waals surface area contributed by atoms with Crippen molar-refractivity contribution in [3.63, 3.8) is 0 Å². The van der Waals surface area contributed by atoms with Gasteiger partial charge in [0.2, 0.25) is 0 Å². The highest BCUT2D eigenvalue weighted by molar-refractivity contribution is 6.33. The van der Waals surface area contributed by atoms with Gasteiger partial charge in [0.05, 0.1) is 10.6 Å². The first kappa shape index (κ1) is 16.3. The van der Waals surface area contributed by atoms with Crippen molar-refractivity contribution in [1.82, 2.24) is 4.90 Å². The van der Waals surface area contributed by atoms with Gasteiger partial charge in [0.1, 0.15) is 0 Å². The van der Waals surface area contributed by atoms with E-state index in [2.05, 4.69) is 6.92 Å². The van der Waals surface area contributed by atoms with Crippen molar-refractivity contribution in [2.75, 3.05) is 13.1 Å². The normalized spacial score (nSPS) is 22.8. The largest absolute Gasteiger partial charge is 0.334 e. The molecular formula is C14H20Cl2N2O. The Morgan fingerprint density at radius 1 is 1.47 bits per heavy atom. The van der Waals surface area contributed by atoms with E-state index in [4.69, 9.17) is 17.3 Å². The lowest BCUT2D eigenvalue weighted by molar-refractivity contribution is 0.0574. The van der Waals surface area contributed by atoms with Crippen molar-refractivity contribution in [2.24, 2.45) is 11.7 Å². The minimum Gasteiger partial charge on any atom is -0.334 e. The third kappa shape index (κ3) is 3.62. The van der Waals surface area contributed by atoms with E-state index in [1.54, 1.807) is 12.1 Å². The van der Waals surface area contributed by atoms with E-state index in [-0.39, 0.29) is 24.4 Å². The number of benzene rings is 1. The summed E-state index contributed by atoms with van der Waals surface area (Å²) in [6.07, 6.45) is 2.01. The Hall–Kier alpha value is -0.770. The minimum atomic E-state index is 0. The molecule has 0 aliphatic carbocycles. The summed E-state index contributed by atoms with van der Waals surface area (Å²) >= 11 is 6.08. The fourth-order valence-corrected chi connectivity index (χ4v) is 2.75. The average Bonchev–Trinajstić information content (AvgIpc) is 2.38. The van der Waals surface area contributed by atoms with Crippen LogP contribution in [-0.2, 0) is 0 Å². The number of carbonyl (C=O) groups excluding carboxylic acids is 1. The molecule has 19 heavy (non-hydrogen) atoms. The van der Waals surface area contributed by atoms with E-state index < -0.39 is 0 Å². The molecule has 0 bridgehead atoms. The van der Waals surface area contributed by atoms with E-state index in [1.165, 1.54) is 0 Å². The van der Waals surface area contributed by atoms with Gasteiger partial charge in [-0.05, 0) is 30.9 Å². The summed E-state index contributed by atoms with van der Waals surface area (Å²) < 4.78 is 0. The lowest BCUT2D eigenvalue weighted by atomic mass is 9.92. The van der Waals surface area contributed by atoms with Gasteiger partial charge in [0.25, 0.3) is 5.91 Å². The number of amides is 1. The van der Waals surface area contributed by atoms with Crippen LogP contribution in [0, 0.1) is 5.92 Å². The number of halogens is 2. The number of carbonyl (C=O) groups is 1. The summed E-state index contributed by atoms with van der Waals surface area (Å²) in [5.41, 5.74) is 6.36. The molecule has 1 aliphatic heterocycles. The fourth-order valence-electron chi connectivity index (χ4n) is 2.53. The maximum atomic E-state index is 12.5. The third-order valence-corrected chi connectivity index (χ3v) is 3.94. The van der Waals surface area contributed by atoms with Crippen LogP contribution in [0.4, 0.5) is 0 Å². The quantitative estimate of drug-likeness (QED) is 0.913. The third-order valence-electron chi connectivity index (χ3n) is 3.62. The second-order valence-corrected chi connectivity index (χ2v) is 5.40. The van der Waals surface area contributed by atoms with Crippen LogP contribution in [0.3, 0.4) is 0 Å². The maximum absolute atomic E-state index is 12.5. The van der Waals surface area contributed by atoms with Crippen LogP contribution < -0.4 is 5.73 Å². The molecule has 1 aliphatic rings. The number of hydrogen-bond acceptors (Lipinski definition) is 2. The fraction of sp³-hybridized carbons (Fsp3) is 0.500. The van der Waals surface area contributed by atoms with E-state index >= 15 is 0 Å². The molecular weight excluding hydrogens is 283 g/mol. The molecule has 1 fully saturated rings. The summed E-state index contributed by atoms with van der Waals surface area (Å²) in [7, 11) is 0. The molecule has 1 aromatic carbocycles. The lowest BCUT2D eigenvalue weighted by Crippen LogP contribution is -2.49. The Balaban J connectivity index is 0.00000180.